The van der Waals surface area contributed by atoms with E-state index in [1.54, 1.807) is 6.92 Å². The molecular weight excluding hydrogens is 300 g/mol. The normalized spacial score (nSPS) is 13.2. The lowest BCUT2D eigenvalue weighted by atomic mass is 9.89. The van der Waals surface area contributed by atoms with Gasteiger partial charge in [-0.05, 0) is 31.4 Å². The Kier molecular flexibility index (Phi) is 4.72. The molecule has 5 nitrogen and oxygen atoms in total. The molecule has 0 bridgehead atoms. The van der Waals surface area contributed by atoms with Crippen LogP contribution in [0.1, 0.15) is 41.9 Å². The third-order valence-corrected chi connectivity index (χ3v) is 4.58. The number of carbonyl (C=O) groups excluding carboxylic acids is 1. The van der Waals surface area contributed by atoms with Gasteiger partial charge < -0.3 is 14.8 Å². The van der Waals surface area contributed by atoms with Crippen molar-refractivity contribution < 1.29 is 14.3 Å². The largest absolute Gasteiger partial charge is 0.459 e. The minimum atomic E-state index is -0.600. The van der Waals surface area contributed by atoms with Gasteiger partial charge in [0.05, 0.1) is 11.8 Å². The molecular formula is C16H22N2O3S. The molecule has 1 atom stereocenters. The molecule has 0 aliphatic rings. The van der Waals surface area contributed by atoms with Crippen LogP contribution in [0, 0.1) is 19.3 Å². The molecule has 0 aromatic carbocycles. The predicted molar refractivity (Wildman–Crippen MR) is 87.1 cm³/mol. The van der Waals surface area contributed by atoms with Crippen LogP contribution in [0.25, 0.3) is 10.8 Å². The Labute approximate surface area is 134 Å². The summed E-state index contributed by atoms with van der Waals surface area (Å²) in [4.78, 5) is 17.2. The molecule has 0 radical (unpaired) electrons. The van der Waals surface area contributed by atoms with Crippen LogP contribution in [-0.4, -0.2) is 28.6 Å². The average molecular weight is 322 g/mol. The highest BCUT2D eigenvalue weighted by Crippen LogP contribution is 2.29. The summed E-state index contributed by atoms with van der Waals surface area (Å²) in [5, 5.41) is 13.4. The van der Waals surface area contributed by atoms with E-state index in [1.165, 1.54) is 11.3 Å². The van der Waals surface area contributed by atoms with Gasteiger partial charge in [0.1, 0.15) is 10.6 Å². The lowest BCUT2D eigenvalue weighted by Gasteiger charge is -2.25. The van der Waals surface area contributed by atoms with Crippen LogP contribution < -0.4 is 5.32 Å². The van der Waals surface area contributed by atoms with E-state index in [-0.39, 0.29) is 17.9 Å². The lowest BCUT2D eigenvalue weighted by molar-refractivity contribution is 0.0588. The van der Waals surface area contributed by atoms with E-state index in [4.69, 9.17) is 4.42 Å². The van der Waals surface area contributed by atoms with Crippen LogP contribution in [0.15, 0.2) is 16.5 Å². The monoisotopic (exact) mass is 322 g/mol. The van der Waals surface area contributed by atoms with E-state index in [0.717, 1.165) is 5.76 Å². The zero-order chi connectivity index (χ0) is 16.5. The van der Waals surface area contributed by atoms with E-state index < -0.39 is 6.10 Å². The van der Waals surface area contributed by atoms with Crippen LogP contribution in [-0.2, 0) is 0 Å². The molecule has 1 unspecified atom stereocenters. The van der Waals surface area contributed by atoms with Crippen LogP contribution in [0.5, 0.6) is 0 Å². The summed E-state index contributed by atoms with van der Waals surface area (Å²) in [6.45, 7) is 9.67. The van der Waals surface area contributed by atoms with Gasteiger partial charge in [-0.15, -0.1) is 11.3 Å². The van der Waals surface area contributed by atoms with Gasteiger partial charge in [-0.25, -0.2) is 4.98 Å². The van der Waals surface area contributed by atoms with Gasteiger partial charge in [-0.1, -0.05) is 20.8 Å². The predicted octanol–water partition coefficient (Wildman–Crippen LogP) is 3.16. The highest BCUT2D eigenvalue weighted by atomic mass is 32.1. The Morgan fingerprint density at radius 3 is 2.64 bits per heavy atom. The molecule has 0 aliphatic heterocycles. The minimum absolute atomic E-state index is 0.215. The molecule has 0 saturated carbocycles. The first-order valence-electron chi connectivity index (χ1n) is 7.19. The molecule has 1 amide bonds. The summed E-state index contributed by atoms with van der Waals surface area (Å²) in [6.07, 6.45) is -0.600. The number of carbonyl (C=O) groups is 1. The minimum Gasteiger partial charge on any atom is -0.459 e. The quantitative estimate of drug-likeness (QED) is 0.906. The number of furan rings is 1. The molecule has 2 heterocycles. The Balaban J connectivity index is 2.09. The second kappa shape index (κ2) is 6.22. The van der Waals surface area contributed by atoms with E-state index in [0.29, 0.717) is 21.3 Å². The van der Waals surface area contributed by atoms with Crippen molar-refractivity contribution in [2.75, 3.05) is 6.54 Å². The number of rotatable bonds is 4. The Morgan fingerprint density at radius 2 is 2.09 bits per heavy atom. The van der Waals surface area contributed by atoms with Crippen molar-refractivity contribution in [3.63, 3.8) is 0 Å². The number of aliphatic hydroxyl groups is 1. The molecule has 2 N–H and O–H groups in total. The number of amides is 1. The van der Waals surface area contributed by atoms with Gasteiger partial charge >= 0.3 is 0 Å². The second-order valence-corrected chi connectivity index (χ2v) is 7.43. The first kappa shape index (κ1) is 16.7. The third kappa shape index (κ3) is 3.75. The topological polar surface area (TPSA) is 75.4 Å². The van der Waals surface area contributed by atoms with Crippen molar-refractivity contribution in [3.05, 3.63) is 28.5 Å². The molecule has 0 spiro atoms. The van der Waals surface area contributed by atoms with Crippen molar-refractivity contribution in [2.24, 2.45) is 5.41 Å². The fourth-order valence-corrected chi connectivity index (χ4v) is 2.78. The number of hydrogen-bond acceptors (Lipinski definition) is 5. The first-order valence-corrected chi connectivity index (χ1v) is 8.00. The summed E-state index contributed by atoms with van der Waals surface area (Å²) in [7, 11) is 0. The van der Waals surface area contributed by atoms with Crippen molar-refractivity contribution in [2.45, 2.75) is 40.7 Å². The van der Waals surface area contributed by atoms with E-state index in [1.807, 2.05) is 39.8 Å². The van der Waals surface area contributed by atoms with Gasteiger partial charge in [0.2, 0.25) is 0 Å². The second-order valence-electron chi connectivity index (χ2n) is 6.44. The molecule has 0 aliphatic carbocycles. The van der Waals surface area contributed by atoms with E-state index in [2.05, 4.69) is 10.3 Å². The average Bonchev–Trinajstić information content (AvgIpc) is 3.00. The van der Waals surface area contributed by atoms with E-state index >= 15 is 0 Å². The highest BCUT2D eigenvalue weighted by molar-refractivity contribution is 7.17. The zero-order valence-electron chi connectivity index (χ0n) is 13.6. The fourth-order valence-electron chi connectivity index (χ4n) is 1.84. The van der Waals surface area contributed by atoms with Crippen molar-refractivity contribution >= 4 is 17.2 Å². The number of aromatic nitrogens is 1. The highest BCUT2D eigenvalue weighted by Gasteiger charge is 2.24. The zero-order valence-corrected chi connectivity index (χ0v) is 14.4. The van der Waals surface area contributed by atoms with Crippen molar-refractivity contribution in [1.82, 2.24) is 10.3 Å². The first-order chi connectivity index (χ1) is 10.2. The van der Waals surface area contributed by atoms with E-state index in [9.17, 15) is 9.90 Å². The Bertz CT molecular complexity index is 667. The molecule has 120 valence electrons. The Hall–Kier alpha value is -1.66. The van der Waals surface area contributed by atoms with Crippen molar-refractivity contribution in [1.29, 1.82) is 0 Å². The van der Waals surface area contributed by atoms with Gasteiger partial charge in [-0.2, -0.15) is 0 Å². The number of nitrogens with one attached hydrogen (secondary N) is 1. The molecule has 22 heavy (non-hydrogen) atoms. The molecule has 2 rings (SSSR count). The van der Waals surface area contributed by atoms with Crippen LogP contribution in [0.2, 0.25) is 0 Å². The number of hydrogen-bond donors (Lipinski definition) is 2. The van der Waals surface area contributed by atoms with Crippen LogP contribution >= 0.6 is 11.3 Å². The van der Waals surface area contributed by atoms with Gasteiger partial charge in [-0.3, -0.25) is 4.79 Å². The number of thiazole rings is 1. The molecule has 6 heteroatoms. The summed E-state index contributed by atoms with van der Waals surface area (Å²) >= 11 is 1.29. The fraction of sp³-hybridized carbons (Fsp3) is 0.500. The molecule has 2 aromatic rings. The number of aryl methyl sites for hydroxylation is 2. The maximum atomic E-state index is 12.3. The van der Waals surface area contributed by atoms with Crippen molar-refractivity contribution in [3.8, 4) is 10.8 Å². The Morgan fingerprint density at radius 1 is 1.41 bits per heavy atom. The molecule has 0 saturated heterocycles. The van der Waals surface area contributed by atoms with Gasteiger partial charge in [0, 0.05) is 6.54 Å². The van der Waals surface area contributed by atoms with Crippen LogP contribution in [0.4, 0.5) is 0 Å². The smallest absolute Gasteiger partial charge is 0.263 e. The molecule has 2 aromatic heterocycles. The number of aliphatic hydroxyl groups excluding tert-OH is 1. The lowest BCUT2D eigenvalue weighted by Crippen LogP contribution is -2.39. The maximum Gasteiger partial charge on any atom is 0.263 e. The standard InChI is InChI=1S/C16H22N2O3S/c1-9-6-7-11(21-9)15-18-10(2)13(22-15)14(20)17-8-12(19)16(3,4)5/h6-7,12,19H,8H2,1-5H3,(H,17,20). The van der Waals surface area contributed by atoms with Crippen LogP contribution in [0.3, 0.4) is 0 Å². The summed E-state index contributed by atoms with van der Waals surface area (Å²) in [5.74, 6) is 1.26. The van der Waals surface area contributed by atoms with Gasteiger partial charge in [0.25, 0.3) is 5.91 Å². The maximum absolute atomic E-state index is 12.3. The summed E-state index contributed by atoms with van der Waals surface area (Å²) < 4.78 is 5.54. The number of nitrogens with zero attached hydrogens (tertiary/aromatic N) is 1. The summed E-state index contributed by atoms with van der Waals surface area (Å²) in [5.41, 5.74) is 0.393. The molecule has 0 fully saturated rings. The van der Waals surface area contributed by atoms with Gasteiger partial charge in [0.15, 0.2) is 10.8 Å². The summed E-state index contributed by atoms with van der Waals surface area (Å²) in [6, 6.07) is 3.71. The SMILES string of the molecule is Cc1ccc(-c2nc(C)c(C(=O)NCC(O)C(C)(C)C)s2)o1. The third-order valence-electron chi connectivity index (χ3n) is 3.41.